The number of phenolic OH excluding ortho intramolecular Hbond substituents is 1. The summed E-state index contributed by atoms with van der Waals surface area (Å²) in [6.07, 6.45) is 1.62. The Bertz CT molecular complexity index is 846. The van der Waals surface area contributed by atoms with Crippen molar-refractivity contribution in [1.29, 1.82) is 0 Å². The maximum absolute atomic E-state index is 10.8. The van der Waals surface area contributed by atoms with Crippen LogP contribution in [-0.2, 0) is 10.8 Å². The van der Waals surface area contributed by atoms with E-state index in [1.54, 1.807) is 12.3 Å². The van der Waals surface area contributed by atoms with E-state index in [0.717, 1.165) is 27.4 Å². The van der Waals surface area contributed by atoms with Crippen LogP contribution in [0.4, 0.5) is 0 Å². The van der Waals surface area contributed by atoms with Gasteiger partial charge in [0, 0.05) is 28.1 Å². The van der Waals surface area contributed by atoms with E-state index in [1.807, 2.05) is 17.5 Å². The summed E-state index contributed by atoms with van der Waals surface area (Å²) in [6.45, 7) is 12.7. The lowest BCUT2D eigenvalue weighted by Gasteiger charge is -2.28. The second kappa shape index (κ2) is 5.99. The molecule has 1 aromatic carbocycles. The average Bonchev–Trinajstić information content (AvgIpc) is 3.16. The van der Waals surface area contributed by atoms with Crippen LogP contribution in [-0.4, -0.2) is 15.2 Å². The second-order valence-corrected chi connectivity index (χ2v) is 9.19. The first-order valence-electron chi connectivity index (χ1n) is 8.32. The van der Waals surface area contributed by atoms with Gasteiger partial charge in [-0.15, -0.1) is 11.3 Å². The van der Waals surface area contributed by atoms with Crippen molar-refractivity contribution in [2.45, 2.75) is 52.4 Å². The van der Waals surface area contributed by atoms with Gasteiger partial charge >= 0.3 is 0 Å². The molecular weight excluding hydrogens is 332 g/mol. The van der Waals surface area contributed by atoms with E-state index >= 15 is 0 Å². The van der Waals surface area contributed by atoms with Gasteiger partial charge in [-0.3, -0.25) is 0 Å². The Morgan fingerprint density at radius 1 is 1.00 bits per heavy atom. The predicted octanol–water partition coefficient (Wildman–Crippen LogP) is 5.77. The third kappa shape index (κ3) is 3.47. The molecule has 25 heavy (non-hydrogen) atoms. The first-order valence-corrected chi connectivity index (χ1v) is 9.20. The van der Waals surface area contributed by atoms with Gasteiger partial charge in [-0.2, -0.15) is 0 Å². The molecule has 5 heteroatoms. The van der Waals surface area contributed by atoms with Crippen LogP contribution in [0.25, 0.3) is 22.0 Å². The Morgan fingerprint density at radius 3 is 2.08 bits per heavy atom. The van der Waals surface area contributed by atoms with E-state index in [1.165, 1.54) is 11.3 Å². The van der Waals surface area contributed by atoms with Gasteiger partial charge in [0.05, 0.1) is 11.9 Å². The number of aromatic nitrogens is 2. The van der Waals surface area contributed by atoms with Gasteiger partial charge in [0.2, 0.25) is 0 Å². The van der Waals surface area contributed by atoms with Crippen LogP contribution in [0.5, 0.6) is 5.75 Å². The number of phenols is 1. The van der Waals surface area contributed by atoms with Crippen LogP contribution in [0.3, 0.4) is 0 Å². The summed E-state index contributed by atoms with van der Waals surface area (Å²) < 4.78 is 5.20. The van der Waals surface area contributed by atoms with E-state index in [4.69, 9.17) is 9.51 Å². The van der Waals surface area contributed by atoms with Crippen molar-refractivity contribution in [2.24, 2.45) is 0 Å². The van der Waals surface area contributed by atoms with Gasteiger partial charge in [-0.25, -0.2) is 4.98 Å². The van der Waals surface area contributed by atoms with Gasteiger partial charge in [0.1, 0.15) is 5.75 Å². The topological polar surface area (TPSA) is 59.2 Å². The predicted molar refractivity (Wildman–Crippen MR) is 102 cm³/mol. The Hall–Kier alpha value is -2.14. The molecule has 2 heterocycles. The van der Waals surface area contributed by atoms with Gasteiger partial charge in [-0.05, 0) is 23.0 Å². The van der Waals surface area contributed by atoms with Crippen LogP contribution >= 0.6 is 11.3 Å². The van der Waals surface area contributed by atoms with Crippen LogP contribution in [0.1, 0.15) is 52.7 Å². The Kier molecular flexibility index (Phi) is 4.23. The standard InChI is InChI=1S/C20H24N2O2S/c1-19(2,3)13-9-12(10-14(17(13)23)20(4,5)6)15-11-25-18(22-15)16-7-8-21-24-16/h7-11,23H,1-6H3. The van der Waals surface area contributed by atoms with Gasteiger partial charge < -0.3 is 9.63 Å². The summed E-state index contributed by atoms with van der Waals surface area (Å²) in [5.74, 6) is 1.05. The van der Waals surface area contributed by atoms with Crippen molar-refractivity contribution in [1.82, 2.24) is 10.1 Å². The first-order chi connectivity index (χ1) is 11.6. The van der Waals surface area contributed by atoms with Crippen molar-refractivity contribution in [3.8, 4) is 27.8 Å². The first kappa shape index (κ1) is 17.7. The fourth-order valence-electron chi connectivity index (χ4n) is 2.77. The molecule has 0 saturated heterocycles. The number of nitrogens with zero attached hydrogens (tertiary/aromatic N) is 2. The van der Waals surface area contributed by atoms with Crippen LogP contribution < -0.4 is 0 Å². The zero-order valence-corrected chi connectivity index (χ0v) is 16.4. The molecule has 0 unspecified atom stereocenters. The lowest BCUT2D eigenvalue weighted by molar-refractivity contribution is 0.423. The Morgan fingerprint density at radius 2 is 1.60 bits per heavy atom. The molecule has 3 rings (SSSR count). The van der Waals surface area contributed by atoms with E-state index in [0.29, 0.717) is 11.5 Å². The summed E-state index contributed by atoms with van der Waals surface area (Å²) in [5.41, 5.74) is 3.43. The molecule has 0 fully saturated rings. The highest BCUT2D eigenvalue weighted by Gasteiger charge is 2.27. The van der Waals surface area contributed by atoms with Crippen LogP contribution in [0, 0.1) is 0 Å². The monoisotopic (exact) mass is 356 g/mol. The highest BCUT2D eigenvalue weighted by molar-refractivity contribution is 7.13. The SMILES string of the molecule is CC(C)(C)c1cc(-c2csc(-c3ccno3)n2)cc(C(C)(C)C)c1O. The van der Waals surface area contributed by atoms with E-state index in [2.05, 4.69) is 46.7 Å². The fraction of sp³-hybridized carbons (Fsp3) is 0.400. The number of hydrogen-bond acceptors (Lipinski definition) is 5. The summed E-state index contributed by atoms with van der Waals surface area (Å²) in [6, 6.07) is 5.90. The molecule has 0 aliphatic heterocycles. The smallest absolute Gasteiger partial charge is 0.195 e. The molecule has 3 aromatic rings. The molecule has 0 amide bonds. The normalized spacial score (nSPS) is 12.6. The number of rotatable bonds is 2. The number of thiazole rings is 1. The highest BCUT2D eigenvalue weighted by atomic mass is 32.1. The average molecular weight is 356 g/mol. The number of benzene rings is 1. The van der Waals surface area contributed by atoms with E-state index in [9.17, 15) is 5.11 Å². The molecule has 2 aromatic heterocycles. The number of hydrogen-bond donors (Lipinski definition) is 1. The summed E-state index contributed by atoms with van der Waals surface area (Å²) in [4.78, 5) is 4.70. The largest absolute Gasteiger partial charge is 0.507 e. The minimum atomic E-state index is -0.163. The maximum atomic E-state index is 10.8. The lowest BCUT2D eigenvalue weighted by Crippen LogP contribution is -2.17. The van der Waals surface area contributed by atoms with Crippen molar-refractivity contribution >= 4 is 11.3 Å². The third-order valence-corrected chi connectivity index (χ3v) is 5.03. The fourth-order valence-corrected chi connectivity index (χ4v) is 3.56. The van der Waals surface area contributed by atoms with Crippen molar-refractivity contribution in [2.75, 3.05) is 0 Å². The number of aromatic hydroxyl groups is 1. The van der Waals surface area contributed by atoms with Gasteiger partial charge in [0.25, 0.3) is 0 Å². The summed E-state index contributed by atoms with van der Waals surface area (Å²) in [7, 11) is 0. The second-order valence-electron chi connectivity index (χ2n) is 8.33. The molecule has 0 radical (unpaired) electrons. The zero-order valence-electron chi connectivity index (χ0n) is 15.5. The van der Waals surface area contributed by atoms with Crippen molar-refractivity contribution in [3.05, 3.63) is 40.9 Å². The summed E-state index contributed by atoms with van der Waals surface area (Å²) in [5, 5.41) is 17.4. The molecule has 132 valence electrons. The molecule has 0 atom stereocenters. The maximum Gasteiger partial charge on any atom is 0.195 e. The van der Waals surface area contributed by atoms with Crippen molar-refractivity contribution < 1.29 is 9.63 Å². The molecule has 1 N–H and O–H groups in total. The highest BCUT2D eigenvalue weighted by Crippen LogP contribution is 2.42. The van der Waals surface area contributed by atoms with E-state index in [-0.39, 0.29) is 10.8 Å². The zero-order chi connectivity index (χ0) is 18.4. The molecule has 0 aliphatic rings. The minimum absolute atomic E-state index is 0.163. The molecule has 0 saturated carbocycles. The molecular formula is C20H24N2O2S. The molecule has 0 aliphatic carbocycles. The minimum Gasteiger partial charge on any atom is -0.507 e. The molecule has 0 spiro atoms. The lowest BCUT2D eigenvalue weighted by atomic mass is 9.78. The van der Waals surface area contributed by atoms with Crippen LogP contribution in [0.2, 0.25) is 0 Å². The van der Waals surface area contributed by atoms with Crippen LogP contribution in [0.15, 0.2) is 34.3 Å². The van der Waals surface area contributed by atoms with Crippen molar-refractivity contribution in [3.63, 3.8) is 0 Å². The van der Waals surface area contributed by atoms with Gasteiger partial charge in [0.15, 0.2) is 10.8 Å². The Balaban J connectivity index is 2.16. The molecule has 0 bridgehead atoms. The molecule has 4 nitrogen and oxygen atoms in total. The van der Waals surface area contributed by atoms with Gasteiger partial charge in [-0.1, -0.05) is 46.7 Å². The summed E-state index contributed by atoms with van der Waals surface area (Å²) >= 11 is 1.53. The van der Waals surface area contributed by atoms with E-state index < -0.39 is 0 Å². The quantitative estimate of drug-likeness (QED) is 0.633. The Labute approximate surface area is 152 Å². The third-order valence-electron chi connectivity index (χ3n) is 4.17.